The molecule has 0 saturated carbocycles. The van der Waals surface area contributed by atoms with Crippen LogP contribution in [0.25, 0.3) is 0 Å². The monoisotopic (exact) mass is 261 g/mol. The molecule has 2 aromatic rings. The van der Waals surface area contributed by atoms with Gasteiger partial charge < -0.3 is 5.32 Å². The highest BCUT2D eigenvalue weighted by atomic mass is 35.5. The lowest BCUT2D eigenvalue weighted by molar-refractivity contribution is 0.534. The second-order valence-electron chi connectivity index (χ2n) is 4.07. The molecular formula is C14H16ClN3. The van der Waals surface area contributed by atoms with Crippen molar-refractivity contribution in [1.29, 1.82) is 0 Å². The van der Waals surface area contributed by atoms with Crippen molar-refractivity contribution in [1.82, 2.24) is 15.3 Å². The number of benzene rings is 1. The van der Waals surface area contributed by atoms with E-state index >= 15 is 0 Å². The third-order valence-electron chi connectivity index (χ3n) is 2.74. The van der Waals surface area contributed by atoms with Crippen LogP contribution < -0.4 is 5.32 Å². The summed E-state index contributed by atoms with van der Waals surface area (Å²) in [4.78, 5) is 8.48. The minimum Gasteiger partial charge on any atom is -0.309 e. The Balaban J connectivity index is 2.14. The van der Waals surface area contributed by atoms with Gasteiger partial charge in [0.05, 0.1) is 11.7 Å². The Labute approximate surface area is 112 Å². The molecule has 1 aromatic heterocycles. The summed E-state index contributed by atoms with van der Waals surface area (Å²) in [6.45, 7) is 2.99. The van der Waals surface area contributed by atoms with Gasteiger partial charge in [-0.3, -0.25) is 9.97 Å². The molecule has 1 atom stereocenters. The molecule has 1 heterocycles. The molecule has 0 spiro atoms. The Hall–Kier alpha value is -1.45. The average molecular weight is 262 g/mol. The van der Waals surface area contributed by atoms with E-state index in [0.717, 1.165) is 23.7 Å². The van der Waals surface area contributed by atoms with Gasteiger partial charge in [-0.15, -0.1) is 0 Å². The quantitative estimate of drug-likeness (QED) is 0.899. The van der Waals surface area contributed by atoms with Crippen LogP contribution in [0.3, 0.4) is 0 Å². The van der Waals surface area contributed by atoms with E-state index in [2.05, 4.69) is 22.2 Å². The number of nitrogens with one attached hydrogen (secondary N) is 1. The molecule has 0 fully saturated rings. The molecular weight excluding hydrogens is 246 g/mol. The number of aromatic nitrogens is 2. The van der Waals surface area contributed by atoms with Crippen LogP contribution in [0.5, 0.6) is 0 Å². The van der Waals surface area contributed by atoms with Gasteiger partial charge in [0.15, 0.2) is 0 Å². The van der Waals surface area contributed by atoms with Crippen LogP contribution in [0.15, 0.2) is 42.9 Å². The highest BCUT2D eigenvalue weighted by Gasteiger charge is 2.12. The topological polar surface area (TPSA) is 37.8 Å². The normalized spacial score (nSPS) is 12.3. The van der Waals surface area contributed by atoms with Gasteiger partial charge in [-0.1, -0.05) is 30.7 Å². The number of halogens is 1. The fourth-order valence-corrected chi connectivity index (χ4v) is 2.00. The summed E-state index contributed by atoms with van der Waals surface area (Å²) < 4.78 is 0. The van der Waals surface area contributed by atoms with Crippen LogP contribution in [0, 0.1) is 0 Å². The Morgan fingerprint density at radius 3 is 2.61 bits per heavy atom. The maximum atomic E-state index is 5.89. The van der Waals surface area contributed by atoms with Crippen molar-refractivity contribution >= 4 is 11.6 Å². The number of nitrogens with zero attached hydrogens (tertiary/aromatic N) is 2. The number of hydrogen-bond donors (Lipinski definition) is 1. The van der Waals surface area contributed by atoms with E-state index in [0.29, 0.717) is 0 Å². The molecule has 1 N–H and O–H groups in total. The fraction of sp³-hybridized carbons (Fsp3) is 0.286. The summed E-state index contributed by atoms with van der Waals surface area (Å²) in [6.07, 6.45) is 6.10. The van der Waals surface area contributed by atoms with Gasteiger partial charge in [0, 0.05) is 23.6 Å². The zero-order valence-corrected chi connectivity index (χ0v) is 11.1. The molecule has 4 heteroatoms. The molecule has 0 radical (unpaired) electrons. The predicted molar refractivity (Wildman–Crippen MR) is 73.6 cm³/mol. The van der Waals surface area contributed by atoms with E-state index in [4.69, 9.17) is 11.6 Å². The van der Waals surface area contributed by atoms with Crippen LogP contribution in [0.1, 0.15) is 24.2 Å². The van der Waals surface area contributed by atoms with Crippen molar-refractivity contribution < 1.29 is 0 Å². The van der Waals surface area contributed by atoms with Gasteiger partial charge in [-0.2, -0.15) is 0 Å². The SMILES string of the molecule is CCNC(Cc1ccc(Cl)cc1)c1cnccn1. The van der Waals surface area contributed by atoms with Crippen molar-refractivity contribution in [2.45, 2.75) is 19.4 Å². The standard InChI is InChI=1S/C14H16ClN3/c1-2-17-13(14-10-16-7-8-18-14)9-11-3-5-12(15)6-4-11/h3-8,10,13,17H,2,9H2,1H3. The van der Waals surface area contributed by atoms with Gasteiger partial charge in [0.2, 0.25) is 0 Å². The maximum Gasteiger partial charge on any atom is 0.0759 e. The lowest BCUT2D eigenvalue weighted by atomic mass is 10.0. The minimum atomic E-state index is 0.185. The lowest BCUT2D eigenvalue weighted by Gasteiger charge is -2.17. The summed E-state index contributed by atoms with van der Waals surface area (Å²) in [7, 11) is 0. The van der Waals surface area contributed by atoms with E-state index in [1.807, 2.05) is 30.5 Å². The molecule has 1 unspecified atom stereocenters. The summed E-state index contributed by atoms with van der Waals surface area (Å²) in [5, 5.41) is 4.19. The summed E-state index contributed by atoms with van der Waals surface area (Å²) in [6, 6.07) is 8.10. The van der Waals surface area contributed by atoms with Crippen LogP contribution in [-0.4, -0.2) is 16.5 Å². The number of hydrogen-bond acceptors (Lipinski definition) is 3. The third kappa shape index (κ3) is 3.52. The van der Waals surface area contributed by atoms with Crippen LogP contribution in [0.2, 0.25) is 5.02 Å². The first kappa shape index (κ1) is 13.0. The Morgan fingerprint density at radius 2 is 2.00 bits per heavy atom. The molecule has 2 rings (SSSR count). The van der Waals surface area contributed by atoms with Gasteiger partial charge in [-0.25, -0.2) is 0 Å². The zero-order valence-electron chi connectivity index (χ0n) is 10.3. The number of rotatable bonds is 5. The maximum absolute atomic E-state index is 5.89. The van der Waals surface area contributed by atoms with Gasteiger partial charge in [0.25, 0.3) is 0 Å². The van der Waals surface area contributed by atoms with Crippen molar-refractivity contribution in [3.63, 3.8) is 0 Å². The summed E-state index contributed by atoms with van der Waals surface area (Å²) in [5.41, 5.74) is 2.20. The molecule has 0 aliphatic carbocycles. The Morgan fingerprint density at radius 1 is 1.22 bits per heavy atom. The largest absolute Gasteiger partial charge is 0.309 e. The minimum absolute atomic E-state index is 0.185. The lowest BCUT2D eigenvalue weighted by Crippen LogP contribution is -2.24. The highest BCUT2D eigenvalue weighted by molar-refractivity contribution is 6.30. The molecule has 0 aliphatic rings. The Kier molecular flexibility index (Phi) is 4.67. The van der Waals surface area contributed by atoms with Gasteiger partial charge in [0.1, 0.15) is 0 Å². The van der Waals surface area contributed by atoms with E-state index < -0.39 is 0 Å². The van der Waals surface area contributed by atoms with Crippen LogP contribution in [-0.2, 0) is 6.42 Å². The van der Waals surface area contributed by atoms with E-state index in [1.54, 1.807) is 12.4 Å². The van der Waals surface area contributed by atoms with E-state index in [1.165, 1.54) is 5.56 Å². The van der Waals surface area contributed by atoms with Crippen molar-refractivity contribution in [3.05, 3.63) is 59.1 Å². The van der Waals surface area contributed by atoms with Crippen molar-refractivity contribution in [2.75, 3.05) is 6.54 Å². The molecule has 0 saturated heterocycles. The number of likely N-dealkylation sites (N-methyl/N-ethyl adjacent to an activating group) is 1. The van der Waals surface area contributed by atoms with Gasteiger partial charge >= 0.3 is 0 Å². The van der Waals surface area contributed by atoms with Crippen LogP contribution >= 0.6 is 11.6 Å². The first-order chi connectivity index (χ1) is 8.79. The molecule has 1 aromatic carbocycles. The molecule has 3 nitrogen and oxygen atoms in total. The second kappa shape index (κ2) is 6.47. The molecule has 0 amide bonds. The molecule has 0 bridgehead atoms. The third-order valence-corrected chi connectivity index (χ3v) is 3.00. The van der Waals surface area contributed by atoms with E-state index in [-0.39, 0.29) is 6.04 Å². The molecule has 0 aliphatic heterocycles. The smallest absolute Gasteiger partial charge is 0.0759 e. The summed E-state index contributed by atoms with van der Waals surface area (Å²) >= 11 is 5.89. The first-order valence-electron chi connectivity index (χ1n) is 6.03. The van der Waals surface area contributed by atoms with Crippen LogP contribution in [0.4, 0.5) is 0 Å². The van der Waals surface area contributed by atoms with Crippen molar-refractivity contribution in [3.8, 4) is 0 Å². The van der Waals surface area contributed by atoms with E-state index in [9.17, 15) is 0 Å². The van der Waals surface area contributed by atoms with Gasteiger partial charge in [-0.05, 0) is 30.7 Å². The first-order valence-corrected chi connectivity index (χ1v) is 6.41. The molecule has 18 heavy (non-hydrogen) atoms. The highest BCUT2D eigenvalue weighted by Crippen LogP contribution is 2.17. The predicted octanol–water partition coefficient (Wildman–Crippen LogP) is 3.02. The zero-order chi connectivity index (χ0) is 12.8. The van der Waals surface area contributed by atoms with Crippen molar-refractivity contribution in [2.24, 2.45) is 0 Å². The summed E-state index contributed by atoms with van der Waals surface area (Å²) in [5.74, 6) is 0. The fourth-order valence-electron chi connectivity index (χ4n) is 1.87. The molecule has 94 valence electrons. The average Bonchev–Trinajstić information content (AvgIpc) is 2.42. The second-order valence-corrected chi connectivity index (χ2v) is 4.51. The Bertz CT molecular complexity index is 470.